The monoisotopic (exact) mass is 200 g/mol. The number of aliphatic hydroxyl groups excluding tert-OH is 1. The van der Waals surface area contributed by atoms with Crippen LogP contribution in [0.25, 0.3) is 0 Å². The van der Waals surface area contributed by atoms with Crippen LogP contribution in [-0.4, -0.2) is 49.2 Å². The van der Waals surface area contributed by atoms with E-state index in [1.165, 1.54) is 0 Å². The maximum atomic E-state index is 11.7. The Labute approximate surface area is 85.3 Å². The molecule has 0 radical (unpaired) electrons. The molecule has 0 bridgehead atoms. The molecule has 0 aliphatic heterocycles. The maximum absolute atomic E-state index is 11.7. The fraction of sp³-hybridized carbons (Fsp3) is 0.900. The van der Waals surface area contributed by atoms with Crippen LogP contribution in [-0.2, 0) is 4.79 Å². The Bertz CT molecular complexity index is 206. The smallest absolute Gasteiger partial charge is 0.225 e. The van der Waals surface area contributed by atoms with Crippen LogP contribution >= 0.6 is 0 Å². The molecule has 0 spiro atoms. The van der Waals surface area contributed by atoms with E-state index in [0.29, 0.717) is 6.42 Å². The van der Waals surface area contributed by atoms with Crippen LogP contribution in [0.2, 0.25) is 0 Å². The maximum Gasteiger partial charge on any atom is 0.225 e. The van der Waals surface area contributed by atoms with E-state index in [1.807, 2.05) is 7.05 Å². The Balaban J connectivity index is 2.57. The van der Waals surface area contributed by atoms with E-state index < -0.39 is 0 Å². The van der Waals surface area contributed by atoms with Gasteiger partial charge in [0.25, 0.3) is 0 Å². The summed E-state index contributed by atoms with van der Waals surface area (Å²) >= 11 is 0. The third-order valence-electron chi connectivity index (χ3n) is 2.88. The lowest BCUT2D eigenvalue weighted by atomic mass is 9.83. The van der Waals surface area contributed by atoms with E-state index in [1.54, 1.807) is 19.0 Å². The van der Waals surface area contributed by atoms with Gasteiger partial charge in [0.1, 0.15) is 0 Å². The van der Waals surface area contributed by atoms with Gasteiger partial charge in [0, 0.05) is 26.1 Å². The molecule has 82 valence electrons. The summed E-state index contributed by atoms with van der Waals surface area (Å²) in [5.41, 5.74) is 0. The Morgan fingerprint density at radius 3 is 2.50 bits per heavy atom. The van der Waals surface area contributed by atoms with Crippen molar-refractivity contribution >= 4 is 5.91 Å². The summed E-state index contributed by atoms with van der Waals surface area (Å²) in [4.78, 5) is 13.3. The largest absolute Gasteiger partial charge is 0.393 e. The number of hydrogen-bond acceptors (Lipinski definition) is 3. The predicted octanol–water partition coefficient (Wildman–Crippen LogP) is -0.176. The lowest BCUT2D eigenvalue weighted by molar-refractivity contribution is -0.135. The van der Waals surface area contributed by atoms with Crippen molar-refractivity contribution < 1.29 is 9.90 Å². The molecule has 0 aromatic carbocycles. The first-order chi connectivity index (χ1) is 6.54. The second-order valence-corrected chi connectivity index (χ2v) is 4.28. The number of carbonyl (C=O) groups excluding carboxylic acids is 1. The molecule has 1 saturated carbocycles. The minimum Gasteiger partial charge on any atom is -0.393 e. The Morgan fingerprint density at radius 1 is 1.36 bits per heavy atom. The van der Waals surface area contributed by atoms with E-state index in [9.17, 15) is 9.90 Å². The molecule has 0 aromatic heterocycles. The fourth-order valence-corrected chi connectivity index (χ4v) is 2.09. The van der Waals surface area contributed by atoms with E-state index in [4.69, 9.17) is 0 Å². The van der Waals surface area contributed by atoms with Gasteiger partial charge in [-0.15, -0.1) is 0 Å². The van der Waals surface area contributed by atoms with Crippen molar-refractivity contribution in [3.63, 3.8) is 0 Å². The minimum absolute atomic E-state index is 0.0220. The lowest BCUT2D eigenvalue weighted by Crippen LogP contribution is -2.43. The normalized spacial score (nSPS) is 32.7. The average Bonchev–Trinajstić information content (AvgIpc) is 2.15. The molecule has 0 saturated heterocycles. The molecule has 1 rings (SSSR count). The highest BCUT2D eigenvalue weighted by Crippen LogP contribution is 2.25. The molecule has 2 N–H and O–H groups in total. The number of amides is 1. The van der Waals surface area contributed by atoms with E-state index in [2.05, 4.69) is 5.32 Å². The number of rotatable bonds is 2. The standard InChI is InChI=1S/C10H20N2O2/c1-11-8-4-7(5-9(13)6-8)10(14)12(2)3/h7-9,11,13H,4-6H2,1-3H3/t7-,8+,9-/m1/s1. The van der Waals surface area contributed by atoms with Crippen LogP contribution in [0.5, 0.6) is 0 Å². The first kappa shape index (κ1) is 11.5. The molecule has 4 nitrogen and oxygen atoms in total. The van der Waals surface area contributed by atoms with Crippen molar-refractivity contribution in [3.05, 3.63) is 0 Å². The van der Waals surface area contributed by atoms with Crippen LogP contribution in [0.15, 0.2) is 0 Å². The molecule has 0 heterocycles. The zero-order chi connectivity index (χ0) is 10.7. The fourth-order valence-electron chi connectivity index (χ4n) is 2.09. The molecule has 1 amide bonds. The molecule has 1 aliphatic rings. The van der Waals surface area contributed by atoms with Gasteiger partial charge in [-0.2, -0.15) is 0 Å². The predicted molar refractivity (Wildman–Crippen MR) is 54.9 cm³/mol. The van der Waals surface area contributed by atoms with E-state index >= 15 is 0 Å². The van der Waals surface area contributed by atoms with Gasteiger partial charge in [-0.25, -0.2) is 0 Å². The summed E-state index contributed by atoms with van der Waals surface area (Å²) < 4.78 is 0. The summed E-state index contributed by atoms with van der Waals surface area (Å²) in [7, 11) is 5.40. The molecule has 0 aromatic rings. The summed E-state index contributed by atoms with van der Waals surface area (Å²) in [5, 5.41) is 12.7. The molecule has 1 fully saturated rings. The van der Waals surface area contributed by atoms with Crippen molar-refractivity contribution in [1.82, 2.24) is 10.2 Å². The Morgan fingerprint density at radius 2 is 2.00 bits per heavy atom. The molecule has 14 heavy (non-hydrogen) atoms. The van der Waals surface area contributed by atoms with Crippen molar-refractivity contribution in [2.75, 3.05) is 21.1 Å². The Kier molecular flexibility index (Phi) is 3.89. The molecule has 0 unspecified atom stereocenters. The Hall–Kier alpha value is -0.610. The van der Waals surface area contributed by atoms with Crippen molar-refractivity contribution in [2.24, 2.45) is 5.92 Å². The lowest BCUT2D eigenvalue weighted by Gasteiger charge is -2.32. The van der Waals surface area contributed by atoms with E-state index in [-0.39, 0.29) is 24.0 Å². The summed E-state index contributed by atoms with van der Waals surface area (Å²) in [6.45, 7) is 0. The van der Waals surface area contributed by atoms with Crippen molar-refractivity contribution in [1.29, 1.82) is 0 Å². The number of hydrogen-bond donors (Lipinski definition) is 2. The molecular formula is C10H20N2O2. The highest BCUT2D eigenvalue weighted by atomic mass is 16.3. The highest BCUT2D eigenvalue weighted by molar-refractivity contribution is 5.78. The van der Waals surface area contributed by atoms with Crippen LogP contribution in [0, 0.1) is 5.92 Å². The summed E-state index contributed by atoms with van der Waals surface area (Å²) in [6.07, 6.45) is 1.86. The number of carbonyl (C=O) groups is 1. The zero-order valence-corrected chi connectivity index (χ0v) is 9.16. The van der Waals surface area contributed by atoms with Gasteiger partial charge in [0.2, 0.25) is 5.91 Å². The number of aliphatic hydroxyl groups is 1. The second-order valence-electron chi connectivity index (χ2n) is 4.28. The summed E-state index contributed by atoms with van der Waals surface area (Å²) in [5.74, 6) is 0.107. The van der Waals surface area contributed by atoms with Gasteiger partial charge < -0.3 is 15.3 Å². The van der Waals surface area contributed by atoms with Crippen molar-refractivity contribution in [2.45, 2.75) is 31.4 Å². The van der Waals surface area contributed by atoms with Gasteiger partial charge >= 0.3 is 0 Å². The van der Waals surface area contributed by atoms with Crippen LogP contribution in [0.1, 0.15) is 19.3 Å². The van der Waals surface area contributed by atoms with E-state index in [0.717, 1.165) is 12.8 Å². The van der Waals surface area contributed by atoms with Gasteiger partial charge in [0.15, 0.2) is 0 Å². The molecular weight excluding hydrogens is 180 g/mol. The zero-order valence-electron chi connectivity index (χ0n) is 9.16. The quantitative estimate of drug-likeness (QED) is 0.650. The third-order valence-corrected chi connectivity index (χ3v) is 2.88. The third kappa shape index (κ3) is 2.69. The van der Waals surface area contributed by atoms with Crippen LogP contribution < -0.4 is 5.32 Å². The minimum atomic E-state index is -0.338. The number of nitrogens with zero attached hydrogens (tertiary/aromatic N) is 1. The first-order valence-electron chi connectivity index (χ1n) is 5.11. The van der Waals surface area contributed by atoms with Crippen LogP contribution in [0.3, 0.4) is 0 Å². The second kappa shape index (κ2) is 4.75. The topological polar surface area (TPSA) is 52.6 Å². The van der Waals surface area contributed by atoms with Gasteiger partial charge in [0.05, 0.1) is 6.10 Å². The molecule has 3 atom stereocenters. The number of nitrogens with one attached hydrogen (secondary N) is 1. The first-order valence-corrected chi connectivity index (χ1v) is 5.11. The van der Waals surface area contributed by atoms with Crippen LogP contribution in [0.4, 0.5) is 0 Å². The molecule has 1 aliphatic carbocycles. The average molecular weight is 200 g/mol. The van der Waals surface area contributed by atoms with Gasteiger partial charge in [-0.1, -0.05) is 0 Å². The van der Waals surface area contributed by atoms with Crippen molar-refractivity contribution in [3.8, 4) is 0 Å². The molecule has 4 heteroatoms. The van der Waals surface area contributed by atoms with Gasteiger partial charge in [-0.05, 0) is 26.3 Å². The summed E-state index contributed by atoms with van der Waals surface area (Å²) in [6, 6.07) is 0.271. The SMILES string of the molecule is CN[C@@H]1C[C@H](O)C[C@H](C(=O)N(C)C)C1. The highest BCUT2D eigenvalue weighted by Gasteiger charge is 2.31. The van der Waals surface area contributed by atoms with Gasteiger partial charge in [-0.3, -0.25) is 4.79 Å².